The Morgan fingerprint density at radius 3 is 2.77 bits per heavy atom. The minimum atomic E-state index is 0.843. The molecular weight excluding hydrogens is 160 g/mol. The fourth-order valence-electron chi connectivity index (χ4n) is 1.58. The Labute approximate surface area is 79.1 Å². The summed E-state index contributed by atoms with van der Waals surface area (Å²) in [6.45, 7) is 3.36. The molecule has 1 aromatic rings. The van der Waals surface area contributed by atoms with Crippen molar-refractivity contribution in [2.24, 2.45) is 11.8 Å². The molecule has 2 unspecified atom stereocenters. The molecule has 1 saturated carbocycles. The zero-order chi connectivity index (χ0) is 9.26. The fraction of sp³-hybridized carbons (Fsp3) is 0.455. The lowest BCUT2D eigenvalue weighted by molar-refractivity contribution is 0.787. The van der Waals surface area contributed by atoms with Crippen molar-refractivity contribution in [1.29, 1.82) is 0 Å². The summed E-state index contributed by atoms with van der Waals surface area (Å²) in [4.78, 5) is 0. The molecule has 0 amide bonds. The highest BCUT2D eigenvalue weighted by molar-refractivity contribution is 5.65. The van der Waals surface area contributed by atoms with Crippen LogP contribution in [0.25, 0.3) is 0 Å². The van der Waals surface area contributed by atoms with E-state index in [4.69, 9.17) is 5.73 Å². The van der Waals surface area contributed by atoms with Crippen LogP contribution >= 0.6 is 0 Å². The van der Waals surface area contributed by atoms with Crippen LogP contribution in [-0.2, 0) is 0 Å². The van der Waals surface area contributed by atoms with Crippen LogP contribution in [0.5, 0.6) is 0 Å². The molecule has 3 N–H and O–H groups in total. The third kappa shape index (κ3) is 1.94. The average Bonchev–Trinajstić information content (AvgIpc) is 2.81. The molecule has 2 heteroatoms. The van der Waals surface area contributed by atoms with Gasteiger partial charge in [-0.15, -0.1) is 0 Å². The molecule has 2 rings (SSSR count). The van der Waals surface area contributed by atoms with Gasteiger partial charge in [-0.2, -0.15) is 0 Å². The molecule has 13 heavy (non-hydrogen) atoms. The van der Waals surface area contributed by atoms with Crippen LogP contribution in [0.3, 0.4) is 0 Å². The molecular formula is C11H16N2. The minimum absolute atomic E-state index is 0.843. The van der Waals surface area contributed by atoms with Gasteiger partial charge in [0.2, 0.25) is 0 Å². The molecule has 0 aliphatic heterocycles. The number of rotatable bonds is 3. The molecule has 70 valence electrons. The molecule has 1 fully saturated rings. The molecule has 0 saturated heterocycles. The zero-order valence-electron chi connectivity index (χ0n) is 7.96. The summed E-state index contributed by atoms with van der Waals surface area (Å²) in [5.74, 6) is 1.76. The first-order chi connectivity index (χ1) is 6.27. The van der Waals surface area contributed by atoms with Crippen LogP contribution in [0.1, 0.15) is 13.3 Å². The van der Waals surface area contributed by atoms with E-state index in [1.807, 2.05) is 24.3 Å². The van der Waals surface area contributed by atoms with Gasteiger partial charge in [-0.1, -0.05) is 19.1 Å². The molecule has 0 heterocycles. The van der Waals surface area contributed by atoms with E-state index >= 15 is 0 Å². The predicted molar refractivity (Wildman–Crippen MR) is 56.6 cm³/mol. The monoisotopic (exact) mass is 176 g/mol. The lowest BCUT2D eigenvalue weighted by Gasteiger charge is -2.07. The molecule has 0 aromatic heterocycles. The van der Waals surface area contributed by atoms with Crippen LogP contribution in [0.15, 0.2) is 24.3 Å². The number of hydrogen-bond acceptors (Lipinski definition) is 2. The first kappa shape index (κ1) is 8.42. The van der Waals surface area contributed by atoms with E-state index in [0.29, 0.717) is 0 Å². The second-order valence-electron chi connectivity index (χ2n) is 3.94. The number of nitrogens with one attached hydrogen (secondary N) is 1. The number of hydrogen-bond donors (Lipinski definition) is 2. The number of nitrogen functional groups attached to an aromatic ring is 1. The third-order valence-electron chi connectivity index (χ3n) is 2.79. The molecule has 2 nitrogen and oxygen atoms in total. The molecule has 0 radical (unpaired) electrons. The highest BCUT2D eigenvalue weighted by Gasteiger charge is 2.31. The van der Waals surface area contributed by atoms with Gasteiger partial charge in [0.15, 0.2) is 0 Å². The second-order valence-corrected chi connectivity index (χ2v) is 3.94. The van der Waals surface area contributed by atoms with Crippen molar-refractivity contribution in [2.45, 2.75) is 13.3 Å². The SMILES string of the molecule is CC1CC1CNc1ccccc1N. The lowest BCUT2D eigenvalue weighted by Crippen LogP contribution is -2.06. The van der Waals surface area contributed by atoms with Crippen molar-refractivity contribution >= 4 is 11.4 Å². The summed E-state index contributed by atoms with van der Waals surface area (Å²) in [5.41, 5.74) is 7.71. The highest BCUT2D eigenvalue weighted by atomic mass is 14.9. The lowest BCUT2D eigenvalue weighted by atomic mass is 10.2. The van der Waals surface area contributed by atoms with Crippen LogP contribution in [-0.4, -0.2) is 6.54 Å². The van der Waals surface area contributed by atoms with E-state index in [1.54, 1.807) is 0 Å². The van der Waals surface area contributed by atoms with Gasteiger partial charge in [-0.05, 0) is 30.4 Å². The first-order valence-corrected chi connectivity index (χ1v) is 4.86. The van der Waals surface area contributed by atoms with Crippen LogP contribution < -0.4 is 11.1 Å². The van der Waals surface area contributed by atoms with Crippen LogP contribution in [0.2, 0.25) is 0 Å². The number of anilines is 2. The fourth-order valence-corrected chi connectivity index (χ4v) is 1.58. The minimum Gasteiger partial charge on any atom is -0.397 e. The Bertz CT molecular complexity index is 296. The maximum atomic E-state index is 5.80. The largest absolute Gasteiger partial charge is 0.397 e. The van der Waals surface area contributed by atoms with Gasteiger partial charge >= 0.3 is 0 Å². The number of benzene rings is 1. The van der Waals surface area contributed by atoms with Gasteiger partial charge in [0.1, 0.15) is 0 Å². The van der Waals surface area contributed by atoms with E-state index in [2.05, 4.69) is 12.2 Å². The zero-order valence-corrected chi connectivity index (χ0v) is 7.96. The molecule has 0 spiro atoms. The van der Waals surface area contributed by atoms with E-state index in [1.165, 1.54) is 6.42 Å². The van der Waals surface area contributed by atoms with E-state index < -0.39 is 0 Å². The summed E-state index contributed by atoms with van der Waals surface area (Å²) in [6.07, 6.45) is 1.36. The summed E-state index contributed by atoms with van der Waals surface area (Å²) >= 11 is 0. The Kier molecular flexibility index (Phi) is 2.13. The summed E-state index contributed by atoms with van der Waals surface area (Å²) in [5, 5.41) is 3.38. The molecule has 1 aliphatic carbocycles. The molecule has 1 aromatic carbocycles. The third-order valence-corrected chi connectivity index (χ3v) is 2.79. The average molecular weight is 176 g/mol. The van der Waals surface area contributed by atoms with Gasteiger partial charge in [-0.25, -0.2) is 0 Å². The Balaban J connectivity index is 1.90. The maximum Gasteiger partial charge on any atom is 0.0574 e. The summed E-state index contributed by atoms with van der Waals surface area (Å²) in [6, 6.07) is 7.93. The number of nitrogens with two attached hydrogens (primary N) is 1. The maximum absolute atomic E-state index is 5.80. The van der Waals surface area contributed by atoms with Crippen LogP contribution in [0, 0.1) is 11.8 Å². The second kappa shape index (κ2) is 3.29. The smallest absolute Gasteiger partial charge is 0.0574 e. The van der Waals surface area contributed by atoms with Crippen molar-refractivity contribution in [3.63, 3.8) is 0 Å². The normalized spacial score (nSPS) is 25.6. The van der Waals surface area contributed by atoms with Gasteiger partial charge in [0, 0.05) is 6.54 Å². The predicted octanol–water partition coefficient (Wildman–Crippen LogP) is 2.34. The Hall–Kier alpha value is -1.18. The Morgan fingerprint density at radius 2 is 2.15 bits per heavy atom. The molecule has 1 aliphatic rings. The van der Waals surface area contributed by atoms with Crippen molar-refractivity contribution in [3.05, 3.63) is 24.3 Å². The Morgan fingerprint density at radius 1 is 1.46 bits per heavy atom. The highest BCUT2D eigenvalue weighted by Crippen LogP contribution is 2.37. The molecule has 0 bridgehead atoms. The van der Waals surface area contributed by atoms with Crippen molar-refractivity contribution < 1.29 is 0 Å². The van der Waals surface area contributed by atoms with Gasteiger partial charge in [0.25, 0.3) is 0 Å². The topological polar surface area (TPSA) is 38.0 Å². The van der Waals surface area contributed by atoms with Crippen molar-refractivity contribution in [2.75, 3.05) is 17.6 Å². The number of para-hydroxylation sites is 2. The van der Waals surface area contributed by atoms with E-state index in [-0.39, 0.29) is 0 Å². The standard InChI is InChI=1S/C11H16N2/c1-8-6-9(8)7-13-11-5-3-2-4-10(11)12/h2-5,8-9,13H,6-7,12H2,1H3. The van der Waals surface area contributed by atoms with Gasteiger partial charge in [-0.3, -0.25) is 0 Å². The van der Waals surface area contributed by atoms with Gasteiger partial charge in [0.05, 0.1) is 11.4 Å². The van der Waals surface area contributed by atoms with E-state index in [0.717, 1.165) is 29.8 Å². The van der Waals surface area contributed by atoms with Crippen molar-refractivity contribution in [1.82, 2.24) is 0 Å². The first-order valence-electron chi connectivity index (χ1n) is 4.86. The molecule has 2 atom stereocenters. The summed E-state index contributed by atoms with van der Waals surface area (Å²) in [7, 11) is 0. The summed E-state index contributed by atoms with van der Waals surface area (Å²) < 4.78 is 0. The quantitative estimate of drug-likeness (QED) is 0.694. The van der Waals surface area contributed by atoms with Crippen LogP contribution in [0.4, 0.5) is 11.4 Å². The van der Waals surface area contributed by atoms with Gasteiger partial charge < -0.3 is 11.1 Å². The van der Waals surface area contributed by atoms with Crippen molar-refractivity contribution in [3.8, 4) is 0 Å². The van der Waals surface area contributed by atoms with E-state index in [9.17, 15) is 0 Å².